The second-order valence-electron chi connectivity index (χ2n) is 6.36. The summed E-state index contributed by atoms with van der Waals surface area (Å²) in [6.07, 6.45) is 2.79. The number of benzene rings is 2. The van der Waals surface area contributed by atoms with E-state index >= 15 is 0 Å². The molecule has 0 spiro atoms. The lowest BCUT2D eigenvalue weighted by molar-refractivity contribution is -0.114. The molecule has 0 aliphatic heterocycles. The van der Waals surface area contributed by atoms with Crippen molar-refractivity contribution in [1.29, 1.82) is 0 Å². The molecule has 0 aromatic heterocycles. The molecule has 0 unspecified atom stereocenters. The van der Waals surface area contributed by atoms with Crippen LogP contribution in [0.3, 0.4) is 0 Å². The van der Waals surface area contributed by atoms with Gasteiger partial charge in [0.25, 0.3) is 0 Å². The van der Waals surface area contributed by atoms with Crippen LogP contribution < -0.4 is 9.62 Å². The number of anilines is 2. The summed E-state index contributed by atoms with van der Waals surface area (Å²) in [4.78, 5) is 24.3. The number of nitrogens with zero attached hydrogens (tertiary/aromatic N) is 1. The van der Waals surface area contributed by atoms with Crippen molar-refractivity contribution in [3.63, 3.8) is 0 Å². The van der Waals surface area contributed by atoms with Gasteiger partial charge in [-0.15, -0.1) is 0 Å². The van der Waals surface area contributed by atoms with Crippen LogP contribution in [0.1, 0.15) is 30.1 Å². The minimum atomic E-state index is -3.64. The third-order valence-electron chi connectivity index (χ3n) is 3.94. The summed E-state index contributed by atoms with van der Waals surface area (Å²) in [5, 5.41) is 2.65. The third-order valence-corrected chi connectivity index (χ3v) is 5.80. The highest BCUT2D eigenvalue weighted by atomic mass is 127. The molecule has 0 bridgehead atoms. The number of rotatable bonds is 9. The molecule has 9 heteroatoms. The van der Waals surface area contributed by atoms with Crippen LogP contribution in [0, 0.1) is 3.57 Å². The Morgan fingerprint density at radius 2 is 1.69 bits per heavy atom. The van der Waals surface area contributed by atoms with Crippen LogP contribution in [-0.4, -0.2) is 39.7 Å². The Hall–Kier alpha value is -2.14. The van der Waals surface area contributed by atoms with Crippen LogP contribution in [0.15, 0.2) is 48.5 Å². The first-order valence-corrected chi connectivity index (χ1v) is 11.9. The molecule has 0 saturated carbocycles. The highest BCUT2D eigenvalue weighted by Gasteiger charge is 2.21. The molecule has 1 N–H and O–H groups in total. The topological polar surface area (TPSA) is 92.8 Å². The number of sulfonamides is 1. The number of hydrogen-bond acceptors (Lipinski definition) is 5. The van der Waals surface area contributed by atoms with Gasteiger partial charge in [0.1, 0.15) is 6.54 Å². The molecule has 7 nitrogen and oxygen atoms in total. The number of carbonyl (C=O) groups excluding carboxylic acids is 2. The van der Waals surface area contributed by atoms with Crippen molar-refractivity contribution >= 4 is 55.9 Å². The number of halogens is 1. The first kappa shape index (κ1) is 23.1. The third kappa shape index (κ3) is 7.32. The first-order valence-electron chi connectivity index (χ1n) is 9.01. The van der Waals surface area contributed by atoms with Gasteiger partial charge < -0.3 is 10.1 Å². The van der Waals surface area contributed by atoms with Gasteiger partial charge in [0.2, 0.25) is 15.9 Å². The first-order chi connectivity index (χ1) is 13.7. The average molecular weight is 530 g/mol. The van der Waals surface area contributed by atoms with E-state index in [1.807, 2.05) is 6.92 Å². The van der Waals surface area contributed by atoms with Gasteiger partial charge in [0.15, 0.2) is 0 Å². The predicted molar refractivity (Wildman–Crippen MR) is 122 cm³/mol. The quantitative estimate of drug-likeness (QED) is 0.304. The van der Waals surface area contributed by atoms with Crippen LogP contribution in [0.2, 0.25) is 0 Å². The number of hydrogen-bond donors (Lipinski definition) is 1. The van der Waals surface area contributed by atoms with Crippen LogP contribution in [-0.2, 0) is 19.6 Å². The molecule has 0 aliphatic rings. The van der Waals surface area contributed by atoms with Crippen LogP contribution >= 0.6 is 22.6 Å². The van der Waals surface area contributed by atoms with Crippen molar-refractivity contribution in [1.82, 2.24) is 0 Å². The predicted octanol–water partition coefficient (Wildman–Crippen LogP) is 3.65. The normalized spacial score (nSPS) is 11.0. The van der Waals surface area contributed by atoms with E-state index in [9.17, 15) is 18.0 Å². The van der Waals surface area contributed by atoms with Crippen molar-refractivity contribution < 1.29 is 22.7 Å². The number of nitrogens with one attached hydrogen (secondary N) is 1. The molecule has 2 aromatic rings. The van der Waals surface area contributed by atoms with Crippen molar-refractivity contribution in [3.8, 4) is 0 Å². The Morgan fingerprint density at radius 1 is 1.07 bits per heavy atom. The van der Waals surface area contributed by atoms with Crippen molar-refractivity contribution in [2.75, 3.05) is 29.0 Å². The molecule has 0 radical (unpaired) electrons. The van der Waals surface area contributed by atoms with Crippen molar-refractivity contribution in [3.05, 3.63) is 57.7 Å². The molecule has 0 fully saturated rings. The van der Waals surface area contributed by atoms with E-state index in [1.165, 1.54) is 0 Å². The average Bonchev–Trinajstić information content (AvgIpc) is 2.67. The SMILES string of the molecule is CCCCOC(=O)c1ccc(NC(=O)CN(c2ccc(I)cc2)S(C)(=O)=O)cc1. The minimum Gasteiger partial charge on any atom is -0.462 e. The molecular formula is C20H23IN2O5S. The molecule has 29 heavy (non-hydrogen) atoms. The van der Waals surface area contributed by atoms with E-state index in [-0.39, 0.29) is 6.54 Å². The molecular weight excluding hydrogens is 507 g/mol. The maximum Gasteiger partial charge on any atom is 0.338 e. The molecule has 0 saturated heterocycles. The van der Waals surface area contributed by atoms with Crippen molar-refractivity contribution in [2.24, 2.45) is 0 Å². The van der Waals surface area contributed by atoms with E-state index in [4.69, 9.17) is 4.74 Å². The minimum absolute atomic E-state index is 0.361. The zero-order chi connectivity index (χ0) is 21.4. The van der Waals surface area contributed by atoms with Gasteiger partial charge in [-0.3, -0.25) is 9.10 Å². The Kier molecular flexibility index (Phi) is 8.45. The monoisotopic (exact) mass is 530 g/mol. The van der Waals surface area contributed by atoms with Gasteiger partial charge in [-0.2, -0.15) is 0 Å². The van der Waals surface area contributed by atoms with E-state index in [1.54, 1.807) is 48.5 Å². The van der Waals surface area contributed by atoms with Gasteiger partial charge in [0, 0.05) is 9.26 Å². The highest BCUT2D eigenvalue weighted by molar-refractivity contribution is 14.1. The maximum atomic E-state index is 12.4. The van der Waals surface area contributed by atoms with Gasteiger partial charge in [0.05, 0.1) is 24.1 Å². The Morgan fingerprint density at radius 3 is 2.24 bits per heavy atom. The summed E-state index contributed by atoms with van der Waals surface area (Å²) in [5.74, 6) is -0.912. The molecule has 0 heterocycles. The van der Waals surface area contributed by atoms with Gasteiger partial charge >= 0.3 is 5.97 Å². The second-order valence-corrected chi connectivity index (χ2v) is 9.51. The lowest BCUT2D eigenvalue weighted by Gasteiger charge is -2.22. The van der Waals surface area contributed by atoms with Crippen LogP contribution in [0.5, 0.6) is 0 Å². The number of ether oxygens (including phenoxy) is 1. The van der Waals surface area contributed by atoms with E-state index in [2.05, 4.69) is 27.9 Å². The Labute approximate surface area is 184 Å². The number of unbranched alkanes of at least 4 members (excludes halogenated alkanes) is 1. The highest BCUT2D eigenvalue weighted by Crippen LogP contribution is 2.19. The smallest absolute Gasteiger partial charge is 0.338 e. The summed E-state index contributed by atoms with van der Waals surface area (Å²) in [7, 11) is -3.64. The zero-order valence-corrected chi connectivity index (χ0v) is 19.2. The van der Waals surface area contributed by atoms with Crippen LogP contribution in [0.4, 0.5) is 11.4 Å². The maximum absolute atomic E-state index is 12.4. The fraction of sp³-hybridized carbons (Fsp3) is 0.300. The molecule has 0 atom stereocenters. The fourth-order valence-corrected chi connectivity index (χ4v) is 3.64. The van der Waals surface area contributed by atoms with E-state index in [0.717, 1.165) is 27.0 Å². The molecule has 156 valence electrons. The molecule has 0 aliphatic carbocycles. The van der Waals surface area contributed by atoms with Gasteiger partial charge in [-0.1, -0.05) is 13.3 Å². The lowest BCUT2D eigenvalue weighted by atomic mass is 10.2. The lowest BCUT2D eigenvalue weighted by Crippen LogP contribution is -2.37. The Bertz CT molecular complexity index is 944. The van der Waals surface area contributed by atoms with Crippen LogP contribution in [0.25, 0.3) is 0 Å². The molecule has 1 amide bonds. The van der Waals surface area contributed by atoms with E-state index < -0.39 is 21.9 Å². The zero-order valence-electron chi connectivity index (χ0n) is 16.2. The molecule has 2 aromatic carbocycles. The summed E-state index contributed by atoms with van der Waals surface area (Å²) in [6.45, 7) is 2.02. The summed E-state index contributed by atoms with van der Waals surface area (Å²) < 4.78 is 31.4. The fourth-order valence-electron chi connectivity index (χ4n) is 2.42. The largest absolute Gasteiger partial charge is 0.462 e. The summed E-state index contributed by atoms with van der Waals surface area (Å²) in [6, 6.07) is 13.1. The number of esters is 1. The van der Waals surface area contributed by atoms with Gasteiger partial charge in [-0.25, -0.2) is 13.2 Å². The number of carbonyl (C=O) groups is 2. The second kappa shape index (κ2) is 10.6. The number of amides is 1. The van der Waals surface area contributed by atoms with Crippen molar-refractivity contribution in [2.45, 2.75) is 19.8 Å². The standard InChI is InChI=1S/C20H23IN2O5S/c1-3-4-13-28-20(25)15-5-9-17(10-6-15)22-19(24)14-23(29(2,26)27)18-11-7-16(21)8-12-18/h5-12H,3-4,13-14H2,1-2H3,(H,22,24). The summed E-state index contributed by atoms with van der Waals surface area (Å²) >= 11 is 2.12. The van der Waals surface area contributed by atoms with Gasteiger partial charge in [-0.05, 0) is 77.5 Å². The van der Waals surface area contributed by atoms with E-state index in [0.29, 0.717) is 23.5 Å². The Balaban J connectivity index is 2.03. The molecule has 2 rings (SSSR count). The summed E-state index contributed by atoms with van der Waals surface area (Å²) in [5.41, 5.74) is 1.25.